The summed E-state index contributed by atoms with van der Waals surface area (Å²) in [5, 5.41) is 2.91. The highest BCUT2D eigenvalue weighted by Crippen LogP contribution is 2.25. The molecule has 0 spiro atoms. The van der Waals surface area contributed by atoms with Crippen LogP contribution in [0.2, 0.25) is 10.2 Å². The van der Waals surface area contributed by atoms with E-state index in [1.54, 1.807) is 54.6 Å². The van der Waals surface area contributed by atoms with Crippen LogP contribution in [-0.2, 0) is 9.53 Å². The normalized spacial score (nSPS) is 11.4. The van der Waals surface area contributed by atoms with E-state index in [2.05, 4.69) is 10.3 Å². The van der Waals surface area contributed by atoms with E-state index in [1.165, 1.54) is 19.4 Å². The number of methoxy groups -OCH3 is 1. The quantitative estimate of drug-likeness (QED) is 0.442. The van der Waals surface area contributed by atoms with E-state index in [4.69, 9.17) is 32.7 Å². The zero-order valence-corrected chi connectivity index (χ0v) is 16.8. The molecule has 3 rings (SSSR count). The molecule has 0 radical (unpaired) electrons. The fourth-order valence-electron chi connectivity index (χ4n) is 2.52. The fourth-order valence-corrected chi connectivity index (χ4v) is 2.79. The van der Waals surface area contributed by atoms with Crippen molar-refractivity contribution in [2.45, 2.75) is 6.10 Å². The van der Waals surface area contributed by atoms with Gasteiger partial charge in [-0.1, -0.05) is 59.6 Å². The molecule has 3 aromatic rings. The maximum Gasteiger partial charge on any atom is 0.340 e. The summed E-state index contributed by atoms with van der Waals surface area (Å²) in [5.74, 6) is -0.700. The van der Waals surface area contributed by atoms with Crippen molar-refractivity contribution < 1.29 is 19.1 Å². The molecule has 0 aliphatic heterocycles. The van der Waals surface area contributed by atoms with E-state index in [0.29, 0.717) is 17.0 Å². The van der Waals surface area contributed by atoms with E-state index in [-0.39, 0.29) is 15.7 Å². The number of halogens is 2. The minimum atomic E-state index is -1.19. The molecule has 6 nitrogen and oxygen atoms in total. The Morgan fingerprint density at radius 2 is 1.79 bits per heavy atom. The predicted octanol–water partition coefficient (Wildman–Crippen LogP) is 4.93. The summed E-state index contributed by atoms with van der Waals surface area (Å²) in [7, 11) is 1.53. The van der Waals surface area contributed by atoms with Crippen LogP contribution in [0.15, 0.2) is 66.9 Å². The number of nitrogens with one attached hydrogen (secondary N) is 1. The number of amides is 1. The van der Waals surface area contributed by atoms with Gasteiger partial charge in [-0.25, -0.2) is 9.78 Å². The van der Waals surface area contributed by atoms with Gasteiger partial charge in [0, 0.05) is 23.5 Å². The van der Waals surface area contributed by atoms with Crippen LogP contribution >= 0.6 is 23.2 Å². The van der Waals surface area contributed by atoms with Gasteiger partial charge in [0.1, 0.15) is 10.9 Å². The molecule has 0 saturated carbocycles. The van der Waals surface area contributed by atoms with Crippen molar-refractivity contribution in [2.24, 2.45) is 0 Å². The number of hydrogen-bond donors (Lipinski definition) is 1. The van der Waals surface area contributed by atoms with Gasteiger partial charge < -0.3 is 14.8 Å². The summed E-state index contributed by atoms with van der Waals surface area (Å²) >= 11 is 11.7. The van der Waals surface area contributed by atoms with Crippen LogP contribution in [-0.4, -0.2) is 24.0 Å². The van der Waals surface area contributed by atoms with E-state index >= 15 is 0 Å². The molecule has 1 heterocycles. The van der Waals surface area contributed by atoms with Crippen LogP contribution in [0.1, 0.15) is 22.0 Å². The number of carbonyl (C=O) groups is 2. The number of aromatic nitrogens is 1. The largest absolute Gasteiger partial charge is 0.497 e. The monoisotopic (exact) mass is 430 g/mol. The molecule has 8 heteroatoms. The summed E-state index contributed by atoms with van der Waals surface area (Å²) in [4.78, 5) is 29.3. The van der Waals surface area contributed by atoms with Crippen molar-refractivity contribution >= 4 is 40.8 Å². The second-order valence-electron chi connectivity index (χ2n) is 5.91. The van der Waals surface area contributed by atoms with Gasteiger partial charge in [-0.3, -0.25) is 4.79 Å². The molecular formula is C21H16Cl2N2O4. The molecule has 1 aromatic heterocycles. The number of nitrogens with zero attached hydrogens (tertiary/aromatic N) is 1. The zero-order valence-electron chi connectivity index (χ0n) is 15.3. The molecule has 2 aromatic carbocycles. The Morgan fingerprint density at radius 3 is 2.48 bits per heavy atom. The van der Waals surface area contributed by atoms with Crippen LogP contribution < -0.4 is 10.1 Å². The Morgan fingerprint density at radius 1 is 1.03 bits per heavy atom. The second kappa shape index (κ2) is 9.41. The predicted molar refractivity (Wildman–Crippen MR) is 110 cm³/mol. The lowest BCUT2D eigenvalue weighted by atomic mass is 10.1. The summed E-state index contributed by atoms with van der Waals surface area (Å²) in [5.41, 5.74) is 1.09. The molecule has 0 aliphatic rings. The summed E-state index contributed by atoms with van der Waals surface area (Å²) < 4.78 is 10.6. The molecule has 1 unspecified atom stereocenters. The first-order chi connectivity index (χ1) is 14.0. The van der Waals surface area contributed by atoms with Crippen molar-refractivity contribution in [2.75, 3.05) is 12.4 Å². The SMILES string of the molecule is COc1cccc(NC(=O)C(OC(=O)c2cnc(Cl)c(Cl)c2)c2ccccc2)c1. The highest BCUT2D eigenvalue weighted by molar-refractivity contribution is 6.41. The maximum atomic E-state index is 12.9. The Balaban J connectivity index is 1.85. The van der Waals surface area contributed by atoms with Gasteiger partial charge in [-0.15, -0.1) is 0 Å². The number of carbonyl (C=O) groups excluding carboxylic acids is 2. The molecule has 29 heavy (non-hydrogen) atoms. The molecule has 0 fully saturated rings. The summed E-state index contributed by atoms with van der Waals surface area (Å²) in [6.45, 7) is 0. The van der Waals surface area contributed by atoms with Gasteiger partial charge in [-0.2, -0.15) is 0 Å². The average molecular weight is 431 g/mol. The van der Waals surface area contributed by atoms with Crippen LogP contribution in [0.4, 0.5) is 5.69 Å². The smallest absolute Gasteiger partial charge is 0.340 e. The average Bonchev–Trinajstić information content (AvgIpc) is 2.74. The van der Waals surface area contributed by atoms with E-state index in [0.717, 1.165) is 0 Å². The fraction of sp³-hybridized carbons (Fsp3) is 0.0952. The van der Waals surface area contributed by atoms with E-state index in [9.17, 15) is 9.59 Å². The molecule has 148 valence electrons. The van der Waals surface area contributed by atoms with Crippen molar-refractivity contribution in [3.8, 4) is 5.75 Å². The highest BCUT2D eigenvalue weighted by atomic mass is 35.5. The Kier molecular flexibility index (Phi) is 6.69. The number of pyridine rings is 1. The number of rotatable bonds is 6. The number of esters is 1. The number of anilines is 1. The van der Waals surface area contributed by atoms with E-state index in [1.807, 2.05) is 0 Å². The summed E-state index contributed by atoms with van der Waals surface area (Å²) in [6, 6.07) is 16.9. The number of benzene rings is 2. The number of hydrogen-bond acceptors (Lipinski definition) is 5. The lowest BCUT2D eigenvalue weighted by Gasteiger charge is -2.18. The molecule has 0 aliphatic carbocycles. The van der Waals surface area contributed by atoms with Crippen molar-refractivity contribution in [1.82, 2.24) is 4.98 Å². The van der Waals surface area contributed by atoms with Crippen molar-refractivity contribution in [3.05, 3.63) is 88.2 Å². The first kappa shape index (κ1) is 20.6. The standard InChI is InChI=1S/C21H16Cl2N2O4/c1-28-16-9-5-8-15(11-16)25-20(26)18(13-6-3-2-4-7-13)29-21(27)14-10-17(22)19(23)24-12-14/h2-12,18H,1H3,(H,25,26). The lowest BCUT2D eigenvalue weighted by molar-refractivity contribution is -0.125. The highest BCUT2D eigenvalue weighted by Gasteiger charge is 2.26. The van der Waals surface area contributed by atoms with Gasteiger partial charge in [0.25, 0.3) is 5.91 Å². The van der Waals surface area contributed by atoms with Gasteiger partial charge in [-0.05, 0) is 18.2 Å². The molecule has 1 N–H and O–H groups in total. The third kappa shape index (κ3) is 5.25. The van der Waals surface area contributed by atoms with Crippen LogP contribution in [0.25, 0.3) is 0 Å². The van der Waals surface area contributed by atoms with Crippen molar-refractivity contribution in [1.29, 1.82) is 0 Å². The lowest BCUT2D eigenvalue weighted by Crippen LogP contribution is -2.26. The third-order valence-corrected chi connectivity index (χ3v) is 4.62. The van der Waals surface area contributed by atoms with Gasteiger partial charge in [0.15, 0.2) is 0 Å². The first-order valence-corrected chi connectivity index (χ1v) is 9.25. The third-order valence-electron chi connectivity index (χ3n) is 3.93. The Bertz CT molecular complexity index is 1030. The maximum absolute atomic E-state index is 12.9. The Labute approximate surface area is 177 Å². The number of ether oxygens (including phenoxy) is 2. The molecular weight excluding hydrogens is 415 g/mol. The molecule has 0 bridgehead atoms. The van der Waals surface area contributed by atoms with Crippen molar-refractivity contribution in [3.63, 3.8) is 0 Å². The summed E-state index contributed by atoms with van der Waals surface area (Å²) in [6.07, 6.45) is 0.0443. The van der Waals surface area contributed by atoms with Gasteiger partial charge >= 0.3 is 5.97 Å². The van der Waals surface area contributed by atoms with Crippen LogP contribution in [0.3, 0.4) is 0 Å². The Hall–Kier alpha value is -3.09. The minimum Gasteiger partial charge on any atom is -0.497 e. The van der Waals surface area contributed by atoms with Crippen LogP contribution in [0.5, 0.6) is 5.75 Å². The first-order valence-electron chi connectivity index (χ1n) is 8.50. The minimum absolute atomic E-state index is 0.0681. The zero-order chi connectivity index (χ0) is 20.8. The van der Waals surface area contributed by atoms with E-state index < -0.39 is 18.0 Å². The van der Waals surface area contributed by atoms with Gasteiger partial charge in [0.2, 0.25) is 6.10 Å². The topological polar surface area (TPSA) is 77.5 Å². The molecule has 1 amide bonds. The molecule has 0 saturated heterocycles. The second-order valence-corrected chi connectivity index (χ2v) is 6.68. The van der Waals surface area contributed by atoms with Gasteiger partial charge in [0.05, 0.1) is 17.7 Å². The van der Waals surface area contributed by atoms with Crippen LogP contribution in [0, 0.1) is 0 Å². The molecule has 1 atom stereocenters.